The van der Waals surface area contributed by atoms with Crippen molar-refractivity contribution in [3.05, 3.63) is 33.8 Å². The number of hydrogen-bond donors (Lipinski definition) is 2. The van der Waals surface area contributed by atoms with Crippen molar-refractivity contribution in [2.75, 3.05) is 20.6 Å². The summed E-state index contributed by atoms with van der Waals surface area (Å²) in [6.45, 7) is 0.913. The highest BCUT2D eigenvalue weighted by Crippen LogP contribution is 2.24. The highest BCUT2D eigenvalue weighted by Gasteiger charge is 2.18. The van der Waals surface area contributed by atoms with Crippen LogP contribution in [-0.4, -0.2) is 36.6 Å². The van der Waals surface area contributed by atoms with E-state index in [1.807, 2.05) is 32.3 Å². The zero-order chi connectivity index (χ0) is 13.0. The normalized spacial score (nSPS) is 12.8. The number of nitrogens with two attached hydrogens (primary N) is 1. The summed E-state index contributed by atoms with van der Waals surface area (Å²) in [5, 5.41) is 9.03. The molecule has 1 atom stereocenters. The molecule has 0 fully saturated rings. The standard InChI is InChI=1S/C12H17BrN2O2/c1-15(2)7-9-4-3-8(5-11(9)13)10(6-14)12(16)17/h3-5,10H,6-7,14H2,1-2H3,(H,16,17). The number of rotatable bonds is 5. The van der Waals surface area contributed by atoms with Crippen LogP contribution < -0.4 is 5.73 Å². The van der Waals surface area contributed by atoms with E-state index in [0.29, 0.717) is 0 Å². The summed E-state index contributed by atoms with van der Waals surface area (Å²) in [6, 6.07) is 5.60. The van der Waals surface area contributed by atoms with E-state index in [9.17, 15) is 4.79 Å². The summed E-state index contributed by atoms with van der Waals surface area (Å²) in [5.74, 6) is -1.53. The van der Waals surface area contributed by atoms with Crippen LogP contribution in [0.3, 0.4) is 0 Å². The van der Waals surface area contributed by atoms with Gasteiger partial charge in [-0.3, -0.25) is 4.79 Å². The Balaban J connectivity index is 2.99. The average Bonchev–Trinajstić information content (AvgIpc) is 2.22. The second kappa shape index (κ2) is 6.14. The molecule has 0 aliphatic rings. The van der Waals surface area contributed by atoms with Crippen molar-refractivity contribution in [1.82, 2.24) is 4.90 Å². The van der Waals surface area contributed by atoms with Gasteiger partial charge in [0.1, 0.15) is 0 Å². The van der Waals surface area contributed by atoms with Crippen molar-refractivity contribution >= 4 is 21.9 Å². The lowest BCUT2D eigenvalue weighted by atomic mass is 9.98. The van der Waals surface area contributed by atoms with Crippen LogP contribution in [0.25, 0.3) is 0 Å². The Morgan fingerprint density at radius 3 is 2.59 bits per heavy atom. The highest BCUT2D eigenvalue weighted by molar-refractivity contribution is 9.10. The maximum atomic E-state index is 11.0. The first-order valence-corrected chi connectivity index (χ1v) is 6.11. The van der Waals surface area contributed by atoms with Crippen LogP contribution in [0.5, 0.6) is 0 Å². The summed E-state index contributed by atoms with van der Waals surface area (Å²) in [6.07, 6.45) is 0. The molecule has 4 nitrogen and oxygen atoms in total. The molecule has 0 amide bonds. The van der Waals surface area contributed by atoms with Crippen molar-refractivity contribution in [3.63, 3.8) is 0 Å². The molecule has 1 aromatic rings. The Bertz CT molecular complexity index is 407. The van der Waals surface area contributed by atoms with Gasteiger partial charge in [-0.1, -0.05) is 28.1 Å². The maximum Gasteiger partial charge on any atom is 0.312 e. The fourth-order valence-corrected chi connectivity index (χ4v) is 2.15. The first-order chi connectivity index (χ1) is 7.95. The van der Waals surface area contributed by atoms with Gasteiger partial charge in [0.05, 0.1) is 5.92 Å². The lowest BCUT2D eigenvalue weighted by molar-refractivity contribution is -0.138. The minimum atomic E-state index is -0.889. The van der Waals surface area contributed by atoms with E-state index >= 15 is 0 Å². The number of carbonyl (C=O) groups is 1. The van der Waals surface area contributed by atoms with E-state index in [1.165, 1.54) is 0 Å². The molecular weight excluding hydrogens is 284 g/mol. The topological polar surface area (TPSA) is 66.6 Å². The summed E-state index contributed by atoms with van der Waals surface area (Å²) >= 11 is 3.46. The molecule has 3 N–H and O–H groups in total. The van der Waals surface area contributed by atoms with E-state index in [-0.39, 0.29) is 6.54 Å². The van der Waals surface area contributed by atoms with Gasteiger partial charge in [-0.05, 0) is 31.3 Å². The second-order valence-electron chi connectivity index (χ2n) is 4.22. The fourth-order valence-electron chi connectivity index (χ4n) is 1.63. The molecule has 5 heteroatoms. The highest BCUT2D eigenvalue weighted by atomic mass is 79.9. The molecular formula is C12H17BrN2O2. The van der Waals surface area contributed by atoms with Crippen LogP contribution in [0.4, 0.5) is 0 Å². The van der Waals surface area contributed by atoms with E-state index in [1.54, 1.807) is 0 Å². The molecule has 0 radical (unpaired) electrons. The van der Waals surface area contributed by atoms with Gasteiger partial charge < -0.3 is 15.7 Å². The molecule has 0 aromatic heterocycles. The van der Waals surface area contributed by atoms with Crippen molar-refractivity contribution in [1.29, 1.82) is 0 Å². The summed E-state index contributed by atoms with van der Waals surface area (Å²) in [7, 11) is 3.97. The molecule has 0 spiro atoms. The lowest BCUT2D eigenvalue weighted by Gasteiger charge is -2.15. The van der Waals surface area contributed by atoms with Crippen molar-refractivity contribution in [2.45, 2.75) is 12.5 Å². The van der Waals surface area contributed by atoms with Gasteiger partial charge in [-0.25, -0.2) is 0 Å². The van der Waals surface area contributed by atoms with E-state index < -0.39 is 11.9 Å². The summed E-state index contributed by atoms with van der Waals surface area (Å²) in [5.41, 5.74) is 7.33. The SMILES string of the molecule is CN(C)Cc1ccc(C(CN)C(=O)O)cc1Br. The van der Waals surface area contributed by atoms with Gasteiger partial charge >= 0.3 is 5.97 Å². The molecule has 0 aliphatic carbocycles. The summed E-state index contributed by atoms with van der Waals surface area (Å²) in [4.78, 5) is 13.1. The molecule has 1 aromatic carbocycles. The largest absolute Gasteiger partial charge is 0.481 e. The Morgan fingerprint density at radius 1 is 1.53 bits per heavy atom. The van der Waals surface area contributed by atoms with Crippen LogP contribution in [0.1, 0.15) is 17.0 Å². The number of hydrogen-bond acceptors (Lipinski definition) is 3. The number of nitrogens with zero attached hydrogens (tertiary/aromatic N) is 1. The molecule has 94 valence electrons. The Morgan fingerprint density at radius 2 is 2.18 bits per heavy atom. The molecule has 0 saturated carbocycles. The lowest BCUT2D eigenvalue weighted by Crippen LogP contribution is -2.21. The van der Waals surface area contributed by atoms with Crippen LogP contribution in [0, 0.1) is 0 Å². The van der Waals surface area contributed by atoms with Gasteiger partial charge in [-0.2, -0.15) is 0 Å². The van der Waals surface area contributed by atoms with Gasteiger partial charge in [0, 0.05) is 17.6 Å². The number of halogens is 1. The predicted octanol–water partition coefficient (Wildman–Crippen LogP) is 1.64. The molecule has 1 unspecified atom stereocenters. The zero-order valence-electron chi connectivity index (χ0n) is 9.98. The van der Waals surface area contributed by atoms with Crippen LogP contribution in [0.15, 0.2) is 22.7 Å². The number of aliphatic carboxylic acids is 1. The number of benzene rings is 1. The first-order valence-electron chi connectivity index (χ1n) is 5.31. The predicted molar refractivity (Wildman–Crippen MR) is 71.0 cm³/mol. The van der Waals surface area contributed by atoms with Gasteiger partial charge in [0.2, 0.25) is 0 Å². The molecule has 0 bridgehead atoms. The van der Waals surface area contributed by atoms with Crippen LogP contribution >= 0.6 is 15.9 Å². The molecule has 0 saturated heterocycles. The fraction of sp³-hybridized carbons (Fsp3) is 0.417. The number of carboxylic acid groups (broad SMARTS) is 1. The van der Waals surface area contributed by atoms with E-state index in [4.69, 9.17) is 10.8 Å². The monoisotopic (exact) mass is 300 g/mol. The average molecular weight is 301 g/mol. The molecule has 17 heavy (non-hydrogen) atoms. The second-order valence-corrected chi connectivity index (χ2v) is 5.07. The Labute approximate surface area is 110 Å². The third kappa shape index (κ3) is 3.80. The quantitative estimate of drug-likeness (QED) is 0.867. The van der Waals surface area contributed by atoms with E-state index in [0.717, 1.165) is 22.1 Å². The van der Waals surface area contributed by atoms with Crippen molar-refractivity contribution in [2.24, 2.45) is 5.73 Å². The number of carboxylic acids is 1. The molecule has 0 aliphatic heterocycles. The zero-order valence-corrected chi connectivity index (χ0v) is 11.6. The van der Waals surface area contributed by atoms with Gasteiger partial charge in [0.15, 0.2) is 0 Å². The minimum Gasteiger partial charge on any atom is -0.481 e. The van der Waals surface area contributed by atoms with Gasteiger partial charge in [-0.15, -0.1) is 0 Å². The first kappa shape index (κ1) is 14.2. The van der Waals surface area contributed by atoms with Gasteiger partial charge in [0.25, 0.3) is 0 Å². The Kier molecular flexibility index (Phi) is 5.11. The third-order valence-electron chi connectivity index (χ3n) is 2.50. The minimum absolute atomic E-state index is 0.106. The maximum absolute atomic E-state index is 11.0. The van der Waals surface area contributed by atoms with Crippen molar-refractivity contribution < 1.29 is 9.90 Å². The third-order valence-corrected chi connectivity index (χ3v) is 3.24. The van der Waals surface area contributed by atoms with Crippen LogP contribution in [0.2, 0.25) is 0 Å². The van der Waals surface area contributed by atoms with Crippen molar-refractivity contribution in [3.8, 4) is 0 Å². The van der Waals surface area contributed by atoms with E-state index in [2.05, 4.69) is 20.8 Å². The molecule has 0 heterocycles. The Hall–Kier alpha value is -0.910. The smallest absolute Gasteiger partial charge is 0.312 e. The molecule has 1 rings (SSSR count). The summed E-state index contributed by atoms with van der Waals surface area (Å²) < 4.78 is 0.920. The van der Waals surface area contributed by atoms with Crippen LogP contribution in [-0.2, 0) is 11.3 Å².